The van der Waals surface area contributed by atoms with Crippen molar-refractivity contribution in [3.63, 3.8) is 0 Å². The molecule has 6 heteroatoms. The van der Waals surface area contributed by atoms with Gasteiger partial charge in [0.1, 0.15) is 0 Å². The highest BCUT2D eigenvalue weighted by atomic mass is 16.5. The summed E-state index contributed by atoms with van der Waals surface area (Å²) in [6.07, 6.45) is 0. The van der Waals surface area contributed by atoms with E-state index < -0.39 is 0 Å². The second-order valence-electron chi connectivity index (χ2n) is 5.32. The molecule has 0 aromatic carbocycles. The van der Waals surface area contributed by atoms with Gasteiger partial charge in [0.15, 0.2) is 0 Å². The van der Waals surface area contributed by atoms with Crippen LogP contribution in [0.25, 0.3) is 0 Å². The summed E-state index contributed by atoms with van der Waals surface area (Å²) < 4.78 is 16.4. The molecule has 1 aromatic rings. The smallest absolute Gasteiger partial charge is 0.0701 e. The van der Waals surface area contributed by atoms with Crippen LogP contribution < -0.4 is 10.6 Å². The van der Waals surface area contributed by atoms with Gasteiger partial charge in [-0.3, -0.25) is 4.98 Å². The minimum Gasteiger partial charge on any atom is -0.378 e. The molecule has 0 radical (unpaired) electrons. The van der Waals surface area contributed by atoms with Crippen molar-refractivity contribution >= 4 is 0 Å². The molecule has 0 saturated heterocycles. The van der Waals surface area contributed by atoms with Gasteiger partial charge in [0, 0.05) is 26.2 Å². The quantitative estimate of drug-likeness (QED) is 0.733. The summed E-state index contributed by atoms with van der Waals surface area (Å²) in [7, 11) is 0. The highest BCUT2D eigenvalue weighted by Crippen LogP contribution is 2.05. The third-order valence-electron chi connectivity index (χ3n) is 3.28. The molecule has 2 heterocycles. The molecule has 1 aromatic heterocycles. The summed E-state index contributed by atoms with van der Waals surface area (Å²) in [5.41, 5.74) is 3.37. The second-order valence-corrected chi connectivity index (χ2v) is 5.32. The SMILES string of the molecule is Cc1cc2nc(c1)CNCCOCCOCCOCCNC2. The van der Waals surface area contributed by atoms with Gasteiger partial charge in [0.25, 0.3) is 0 Å². The number of nitrogens with zero attached hydrogens (tertiary/aromatic N) is 1. The van der Waals surface area contributed by atoms with Crippen molar-refractivity contribution in [2.24, 2.45) is 0 Å². The Bertz CT molecular complexity index is 395. The second kappa shape index (κ2) is 10.6. The van der Waals surface area contributed by atoms with Crippen LogP contribution in [0, 0.1) is 6.92 Å². The van der Waals surface area contributed by atoms with Crippen molar-refractivity contribution < 1.29 is 14.2 Å². The molecule has 0 fully saturated rings. The number of nitrogens with one attached hydrogen (secondary N) is 2. The first-order chi connectivity index (χ1) is 10.8. The number of ether oxygens (including phenoxy) is 3. The zero-order valence-electron chi connectivity index (χ0n) is 13.4. The zero-order valence-corrected chi connectivity index (χ0v) is 13.4. The number of hydrogen-bond acceptors (Lipinski definition) is 6. The number of rotatable bonds is 0. The fourth-order valence-electron chi connectivity index (χ4n) is 2.26. The molecule has 0 amide bonds. The highest BCUT2D eigenvalue weighted by Gasteiger charge is 2.01. The fourth-order valence-corrected chi connectivity index (χ4v) is 2.26. The van der Waals surface area contributed by atoms with Gasteiger partial charge in [-0.2, -0.15) is 0 Å². The maximum atomic E-state index is 5.50. The van der Waals surface area contributed by atoms with Crippen molar-refractivity contribution in [2.45, 2.75) is 20.0 Å². The largest absolute Gasteiger partial charge is 0.378 e. The average molecular weight is 309 g/mol. The van der Waals surface area contributed by atoms with E-state index in [1.807, 2.05) is 0 Å². The molecule has 0 unspecified atom stereocenters. The fraction of sp³-hybridized carbons (Fsp3) is 0.688. The van der Waals surface area contributed by atoms with Gasteiger partial charge in [-0.05, 0) is 24.6 Å². The molecule has 0 saturated carbocycles. The Hall–Kier alpha value is -1.05. The van der Waals surface area contributed by atoms with Crippen molar-refractivity contribution in [3.05, 3.63) is 29.1 Å². The molecule has 2 bridgehead atoms. The Kier molecular flexibility index (Phi) is 8.37. The van der Waals surface area contributed by atoms with Crippen molar-refractivity contribution in [1.29, 1.82) is 0 Å². The molecule has 1 aliphatic rings. The lowest BCUT2D eigenvalue weighted by Crippen LogP contribution is -2.23. The zero-order chi connectivity index (χ0) is 15.5. The molecule has 0 aliphatic carbocycles. The van der Waals surface area contributed by atoms with Gasteiger partial charge < -0.3 is 24.8 Å². The Morgan fingerprint density at radius 1 is 0.773 bits per heavy atom. The third kappa shape index (κ3) is 7.29. The maximum Gasteiger partial charge on any atom is 0.0701 e. The summed E-state index contributed by atoms with van der Waals surface area (Å²) in [4.78, 5) is 4.67. The van der Waals surface area contributed by atoms with Crippen LogP contribution in [0.2, 0.25) is 0 Å². The van der Waals surface area contributed by atoms with E-state index in [0.717, 1.165) is 37.6 Å². The van der Waals surface area contributed by atoms with Crippen LogP contribution in [-0.4, -0.2) is 57.7 Å². The van der Waals surface area contributed by atoms with Crippen LogP contribution in [0.1, 0.15) is 17.0 Å². The Morgan fingerprint density at radius 2 is 1.23 bits per heavy atom. The van der Waals surface area contributed by atoms with E-state index in [-0.39, 0.29) is 0 Å². The highest BCUT2D eigenvalue weighted by molar-refractivity contribution is 5.20. The van der Waals surface area contributed by atoms with Crippen molar-refractivity contribution in [2.75, 3.05) is 52.7 Å². The van der Waals surface area contributed by atoms with Gasteiger partial charge in [-0.25, -0.2) is 0 Å². The molecule has 124 valence electrons. The van der Waals surface area contributed by atoms with Crippen LogP contribution in [0.5, 0.6) is 0 Å². The molecule has 6 nitrogen and oxygen atoms in total. The van der Waals surface area contributed by atoms with Crippen molar-refractivity contribution in [1.82, 2.24) is 15.6 Å². The monoisotopic (exact) mass is 309 g/mol. The van der Waals surface area contributed by atoms with Crippen LogP contribution in [0.15, 0.2) is 12.1 Å². The first kappa shape index (κ1) is 17.3. The van der Waals surface area contributed by atoms with Crippen molar-refractivity contribution in [3.8, 4) is 0 Å². The molecule has 2 N–H and O–H groups in total. The molecule has 1 aliphatic heterocycles. The summed E-state index contributed by atoms with van der Waals surface area (Å²) in [5, 5.41) is 6.71. The number of aryl methyl sites for hydroxylation is 1. The minimum atomic E-state index is 0.615. The lowest BCUT2D eigenvalue weighted by Gasteiger charge is -2.11. The molecule has 0 atom stereocenters. The number of aromatic nitrogens is 1. The number of hydrogen-bond donors (Lipinski definition) is 2. The predicted molar refractivity (Wildman–Crippen MR) is 84.8 cm³/mol. The van der Waals surface area contributed by atoms with Crippen LogP contribution in [-0.2, 0) is 27.3 Å². The molecular formula is C16H27N3O3. The van der Waals surface area contributed by atoms with Crippen LogP contribution in [0.4, 0.5) is 0 Å². The summed E-state index contributed by atoms with van der Waals surface area (Å²) in [5.74, 6) is 0. The summed E-state index contributed by atoms with van der Waals surface area (Å²) >= 11 is 0. The van der Waals surface area contributed by atoms with E-state index in [2.05, 4.69) is 34.7 Å². The van der Waals surface area contributed by atoms with Gasteiger partial charge in [0.05, 0.1) is 51.0 Å². The van der Waals surface area contributed by atoms with E-state index in [1.165, 1.54) is 5.56 Å². The van der Waals surface area contributed by atoms with E-state index in [0.29, 0.717) is 39.6 Å². The Labute approximate surface area is 132 Å². The Morgan fingerprint density at radius 3 is 1.73 bits per heavy atom. The standard InChI is InChI=1S/C16H27N3O3/c1-14-10-15-12-17-2-4-20-6-8-22-9-7-21-5-3-18-13-16(11-14)19-15/h10-11,17-18H,2-9,12-13H2,1H3. The molecular weight excluding hydrogens is 282 g/mol. The third-order valence-corrected chi connectivity index (χ3v) is 3.28. The van der Waals surface area contributed by atoms with Gasteiger partial charge in [-0.15, -0.1) is 0 Å². The lowest BCUT2D eigenvalue weighted by molar-refractivity contribution is 0.0156. The van der Waals surface area contributed by atoms with E-state index in [4.69, 9.17) is 14.2 Å². The lowest BCUT2D eigenvalue weighted by atomic mass is 10.2. The molecule has 2 rings (SSSR count). The summed E-state index contributed by atoms with van der Waals surface area (Å²) in [6.45, 7) is 9.09. The number of fused-ring (bicyclic) bond motifs is 2. The first-order valence-electron chi connectivity index (χ1n) is 7.96. The first-order valence-corrected chi connectivity index (χ1v) is 7.96. The van der Waals surface area contributed by atoms with E-state index in [9.17, 15) is 0 Å². The van der Waals surface area contributed by atoms with E-state index >= 15 is 0 Å². The normalized spacial score (nSPS) is 20.0. The van der Waals surface area contributed by atoms with Crippen LogP contribution >= 0.6 is 0 Å². The minimum absolute atomic E-state index is 0.615. The van der Waals surface area contributed by atoms with Gasteiger partial charge >= 0.3 is 0 Å². The summed E-state index contributed by atoms with van der Waals surface area (Å²) in [6, 6.07) is 4.24. The average Bonchev–Trinajstić information content (AvgIpc) is 2.50. The maximum absolute atomic E-state index is 5.50. The molecule has 22 heavy (non-hydrogen) atoms. The van der Waals surface area contributed by atoms with E-state index in [1.54, 1.807) is 0 Å². The predicted octanol–water partition coefficient (Wildman–Crippen LogP) is 0.633. The van der Waals surface area contributed by atoms with Gasteiger partial charge in [0.2, 0.25) is 0 Å². The molecule has 0 spiro atoms. The topological polar surface area (TPSA) is 64.6 Å². The number of pyridine rings is 1. The Balaban J connectivity index is 1.85. The van der Waals surface area contributed by atoms with Crippen LogP contribution in [0.3, 0.4) is 0 Å². The van der Waals surface area contributed by atoms with Gasteiger partial charge in [-0.1, -0.05) is 0 Å².